The molecule has 1 aromatic heterocycles. The van der Waals surface area contributed by atoms with E-state index in [2.05, 4.69) is 15.6 Å². The van der Waals surface area contributed by atoms with E-state index in [9.17, 15) is 9.59 Å². The molecular weight excluding hydrogens is 362 g/mol. The first-order valence-corrected chi connectivity index (χ1v) is 9.52. The molecule has 0 atom stereocenters. The fourth-order valence-corrected chi connectivity index (χ4v) is 3.35. The quantitative estimate of drug-likeness (QED) is 0.677. The van der Waals surface area contributed by atoms with Crippen LogP contribution in [0, 0.1) is 27.7 Å². The minimum Gasteiger partial charge on any atom is -0.347 e. The third kappa shape index (κ3) is 5.08. The number of carbonyl (C=O) groups is 2. The summed E-state index contributed by atoms with van der Waals surface area (Å²) in [4.78, 5) is 29.3. The maximum absolute atomic E-state index is 12.7. The van der Waals surface area contributed by atoms with Gasteiger partial charge >= 0.3 is 0 Å². The topological polar surface area (TPSA) is 71.1 Å². The number of aryl methyl sites for hydroxylation is 4. The number of anilines is 1. The van der Waals surface area contributed by atoms with Crippen LogP contribution in [0.2, 0.25) is 0 Å². The molecule has 148 valence electrons. The standard InChI is InChI=1S/C24H25N3O2/c1-15-6-5-7-19(12-15)14-26-24(29)21-13-20(8-9-25-21)23(28)27-22-17(3)10-16(2)11-18(22)4/h5-13H,14H2,1-4H3,(H,26,29)(H,27,28). The van der Waals surface area contributed by atoms with Crippen molar-refractivity contribution in [2.45, 2.75) is 34.2 Å². The summed E-state index contributed by atoms with van der Waals surface area (Å²) in [6.45, 7) is 8.36. The van der Waals surface area contributed by atoms with E-state index in [4.69, 9.17) is 0 Å². The number of hydrogen-bond acceptors (Lipinski definition) is 3. The van der Waals surface area contributed by atoms with Crippen LogP contribution in [-0.4, -0.2) is 16.8 Å². The molecule has 2 aromatic carbocycles. The maximum Gasteiger partial charge on any atom is 0.270 e. The Morgan fingerprint density at radius 2 is 1.59 bits per heavy atom. The van der Waals surface area contributed by atoms with Gasteiger partial charge in [0.05, 0.1) is 0 Å². The van der Waals surface area contributed by atoms with Gasteiger partial charge in [-0.25, -0.2) is 0 Å². The van der Waals surface area contributed by atoms with Gasteiger partial charge in [-0.05, 0) is 56.5 Å². The zero-order valence-electron chi connectivity index (χ0n) is 17.2. The van der Waals surface area contributed by atoms with E-state index >= 15 is 0 Å². The lowest BCUT2D eigenvalue weighted by Gasteiger charge is -2.13. The first-order valence-electron chi connectivity index (χ1n) is 9.52. The van der Waals surface area contributed by atoms with E-state index < -0.39 is 0 Å². The van der Waals surface area contributed by atoms with Crippen molar-refractivity contribution >= 4 is 17.5 Å². The number of aromatic nitrogens is 1. The average molecular weight is 387 g/mol. The molecule has 0 spiro atoms. The number of nitrogens with zero attached hydrogens (tertiary/aromatic N) is 1. The molecule has 3 aromatic rings. The molecule has 29 heavy (non-hydrogen) atoms. The largest absolute Gasteiger partial charge is 0.347 e. The highest BCUT2D eigenvalue weighted by atomic mass is 16.2. The fraction of sp³-hybridized carbons (Fsp3) is 0.208. The van der Waals surface area contributed by atoms with Gasteiger partial charge in [-0.2, -0.15) is 0 Å². The Hall–Kier alpha value is -3.47. The molecule has 0 bridgehead atoms. The van der Waals surface area contributed by atoms with Crippen molar-refractivity contribution in [2.75, 3.05) is 5.32 Å². The van der Waals surface area contributed by atoms with Gasteiger partial charge in [0.2, 0.25) is 0 Å². The number of hydrogen-bond donors (Lipinski definition) is 2. The monoisotopic (exact) mass is 387 g/mol. The fourth-order valence-electron chi connectivity index (χ4n) is 3.35. The average Bonchev–Trinajstić information content (AvgIpc) is 2.69. The number of nitrogens with one attached hydrogen (secondary N) is 2. The molecule has 0 radical (unpaired) electrons. The van der Waals surface area contributed by atoms with Crippen LogP contribution in [0.5, 0.6) is 0 Å². The lowest BCUT2D eigenvalue weighted by Crippen LogP contribution is -2.24. The zero-order chi connectivity index (χ0) is 21.0. The van der Waals surface area contributed by atoms with Gasteiger partial charge in [-0.1, -0.05) is 47.5 Å². The molecular formula is C24H25N3O2. The van der Waals surface area contributed by atoms with Crippen LogP contribution < -0.4 is 10.6 Å². The van der Waals surface area contributed by atoms with E-state index in [-0.39, 0.29) is 17.5 Å². The third-order valence-corrected chi connectivity index (χ3v) is 4.71. The Bertz CT molecular complexity index is 1050. The molecule has 5 nitrogen and oxygen atoms in total. The molecule has 0 saturated carbocycles. The predicted octanol–water partition coefficient (Wildman–Crippen LogP) is 4.50. The van der Waals surface area contributed by atoms with Gasteiger partial charge in [0.25, 0.3) is 11.8 Å². The van der Waals surface area contributed by atoms with Gasteiger partial charge in [0.1, 0.15) is 5.69 Å². The summed E-state index contributed by atoms with van der Waals surface area (Å²) in [6, 6.07) is 15.1. The Balaban J connectivity index is 1.71. The van der Waals surface area contributed by atoms with Crippen LogP contribution in [0.15, 0.2) is 54.7 Å². The second-order valence-electron chi connectivity index (χ2n) is 7.33. The minimum absolute atomic E-state index is 0.211. The zero-order valence-corrected chi connectivity index (χ0v) is 17.2. The maximum atomic E-state index is 12.7. The summed E-state index contributed by atoms with van der Waals surface area (Å²) in [5.74, 6) is -0.584. The van der Waals surface area contributed by atoms with Gasteiger partial charge in [-0.15, -0.1) is 0 Å². The third-order valence-electron chi connectivity index (χ3n) is 4.71. The van der Waals surface area contributed by atoms with Crippen molar-refractivity contribution in [1.82, 2.24) is 10.3 Å². The molecule has 0 fully saturated rings. The predicted molar refractivity (Wildman–Crippen MR) is 115 cm³/mol. The van der Waals surface area contributed by atoms with Gasteiger partial charge < -0.3 is 10.6 Å². The van der Waals surface area contributed by atoms with E-state index in [0.717, 1.165) is 33.5 Å². The summed E-state index contributed by atoms with van der Waals surface area (Å²) in [5, 5.41) is 5.80. The second-order valence-corrected chi connectivity index (χ2v) is 7.33. The van der Waals surface area contributed by atoms with Crippen molar-refractivity contribution in [1.29, 1.82) is 0 Å². The van der Waals surface area contributed by atoms with Crippen LogP contribution >= 0.6 is 0 Å². The highest BCUT2D eigenvalue weighted by molar-refractivity contribution is 6.06. The summed E-state index contributed by atoms with van der Waals surface area (Å²) < 4.78 is 0. The summed E-state index contributed by atoms with van der Waals surface area (Å²) in [7, 11) is 0. The lowest BCUT2D eigenvalue weighted by molar-refractivity contribution is 0.0946. The number of benzene rings is 2. The summed E-state index contributed by atoms with van der Waals surface area (Å²) in [6.07, 6.45) is 1.48. The Kier molecular flexibility index (Phi) is 6.07. The van der Waals surface area contributed by atoms with Crippen molar-refractivity contribution in [2.24, 2.45) is 0 Å². The van der Waals surface area contributed by atoms with Gasteiger partial charge in [-0.3, -0.25) is 14.6 Å². The van der Waals surface area contributed by atoms with Crippen molar-refractivity contribution in [3.63, 3.8) is 0 Å². The van der Waals surface area contributed by atoms with Gasteiger partial charge in [0.15, 0.2) is 0 Å². The number of carbonyl (C=O) groups excluding carboxylic acids is 2. The molecule has 0 aliphatic rings. The highest BCUT2D eigenvalue weighted by Crippen LogP contribution is 2.22. The second kappa shape index (κ2) is 8.69. The van der Waals surface area contributed by atoms with Crippen molar-refractivity contribution in [3.8, 4) is 0 Å². The highest BCUT2D eigenvalue weighted by Gasteiger charge is 2.14. The van der Waals surface area contributed by atoms with Crippen LogP contribution in [0.25, 0.3) is 0 Å². The van der Waals surface area contributed by atoms with E-state index in [1.54, 1.807) is 6.07 Å². The first-order chi connectivity index (χ1) is 13.8. The Labute approximate surface area is 171 Å². The van der Waals surface area contributed by atoms with Crippen LogP contribution in [0.3, 0.4) is 0 Å². The normalized spacial score (nSPS) is 10.5. The molecule has 2 N–H and O–H groups in total. The lowest BCUT2D eigenvalue weighted by atomic mass is 10.0. The van der Waals surface area contributed by atoms with Crippen LogP contribution in [-0.2, 0) is 6.54 Å². The number of rotatable bonds is 5. The van der Waals surface area contributed by atoms with E-state index in [0.29, 0.717) is 12.1 Å². The molecule has 3 rings (SSSR count). The van der Waals surface area contributed by atoms with E-state index in [1.165, 1.54) is 12.3 Å². The minimum atomic E-state index is -0.316. The molecule has 1 heterocycles. The Morgan fingerprint density at radius 1 is 0.862 bits per heavy atom. The molecule has 0 unspecified atom stereocenters. The summed E-state index contributed by atoms with van der Waals surface area (Å²) >= 11 is 0. The molecule has 0 aliphatic carbocycles. The molecule has 5 heteroatoms. The molecule has 2 amide bonds. The molecule has 0 saturated heterocycles. The van der Waals surface area contributed by atoms with E-state index in [1.807, 2.05) is 64.1 Å². The number of amides is 2. The SMILES string of the molecule is Cc1cccc(CNC(=O)c2cc(C(=O)Nc3c(C)cc(C)cc3C)ccn2)c1. The number of pyridine rings is 1. The van der Waals surface area contributed by atoms with Crippen LogP contribution in [0.1, 0.15) is 48.7 Å². The smallest absolute Gasteiger partial charge is 0.270 e. The van der Waals surface area contributed by atoms with Crippen LogP contribution in [0.4, 0.5) is 5.69 Å². The van der Waals surface area contributed by atoms with Gasteiger partial charge in [0, 0.05) is 24.0 Å². The van der Waals surface area contributed by atoms with Crippen molar-refractivity contribution < 1.29 is 9.59 Å². The Morgan fingerprint density at radius 3 is 2.28 bits per heavy atom. The first kappa shape index (κ1) is 20.3. The summed E-state index contributed by atoms with van der Waals surface area (Å²) in [5.41, 5.74) is 6.69. The van der Waals surface area contributed by atoms with Crippen molar-refractivity contribution in [3.05, 3.63) is 93.8 Å². The molecule has 0 aliphatic heterocycles.